The molecule has 0 atom stereocenters. The summed E-state index contributed by atoms with van der Waals surface area (Å²) in [7, 11) is 1.59. The van der Waals surface area contributed by atoms with Crippen molar-refractivity contribution in [3.8, 4) is 11.5 Å². The number of nitrogens with zero attached hydrogens (tertiary/aromatic N) is 2. The molecule has 0 spiro atoms. The number of aryl methyl sites for hydroxylation is 2. The second-order valence-electron chi connectivity index (χ2n) is 6.27. The highest BCUT2D eigenvalue weighted by Gasteiger charge is 2.14. The van der Waals surface area contributed by atoms with Gasteiger partial charge in [-0.1, -0.05) is 11.2 Å². The lowest BCUT2D eigenvalue weighted by Crippen LogP contribution is -2.39. The summed E-state index contributed by atoms with van der Waals surface area (Å²) in [5, 5.41) is 3.93. The highest BCUT2D eigenvalue weighted by molar-refractivity contribution is 5.91. The lowest BCUT2D eigenvalue weighted by atomic mass is 10.1. The van der Waals surface area contributed by atoms with E-state index in [1.807, 2.05) is 32.0 Å². The van der Waals surface area contributed by atoms with E-state index in [9.17, 15) is 4.79 Å². The number of hydrogen-bond acceptors (Lipinski definition) is 6. The van der Waals surface area contributed by atoms with Crippen LogP contribution in [0.5, 0.6) is 11.5 Å². The Morgan fingerprint density at radius 2 is 2.04 bits per heavy atom. The minimum Gasteiger partial charge on any atom is -0.493 e. The molecule has 144 valence electrons. The number of amides is 1. The van der Waals surface area contributed by atoms with Gasteiger partial charge in [-0.3, -0.25) is 4.79 Å². The van der Waals surface area contributed by atoms with Crippen LogP contribution in [0.25, 0.3) is 6.08 Å². The third-order valence-corrected chi connectivity index (χ3v) is 4.48. The van der Waals surface area contributed by atoms with Gasteiger partial charge in [-0.05, 0) is 37.6 Å². The largest absolute Gasteiger partial charge is 0.493 e. The molecule has 1 aromatic heterocycles. The summed E-state index contributed by atoms with van der Waals surface area (Å²) in [6, 6.07) is 5.55. The number of carbonyl (C=O) groups excluding carboxylic acids is 1. The zero-order chi connectivity index (χ0) is 19.2. The average molecular weight is 372 g/mol. The zero-order valence-electron chi connectivity index (χ0n) is 15.9. The van der Waals surface area contributed by atoms with Gasteiger partial charge in [-0.25, -0.2) is 0 Å². The highest BCUT2D eigenvalue weighted by Crippen LogP contribution is 2.30. The smallest absolute Gasteiger partial charge is 0.246 e. The third-order valence-electron chi connectivity index (χ3n) is 4.48. The van der Waals surface area contributed by atoms with Crippen molar-refractivity contribution in [3.05, 3.63) is 46.9 Å². The molecule has 1 aliphatic heterocycles. The molecular weight excluding hydrogens is 348 g/mol. The molecule has 7 heteroatoms. The molecule has 2 heterocycles. The van der Waals surface area contributed by atoms with Crippen LogP contribution >= 0.6 is 0 Å². The van der Waals surface area contributed by atoms with E-state index in [0.29, 0.717) is 44.4 Å². The summed E-state index contributed by atoms with van der Waals surface area (Å²) in [5.74, 6) is 1.94. The molecular formula is C20H24N2O5. The van der Waals surface area contributed by atoms with E-state index in [4.69, 9.17) is 18.7 Å². The van der Waals surface area contributed by atoms with Crippen molar-refractivity contribution in [2.75, 3.05) is 33.4 Å². The van der Waals surface area contributed by atoms with E-state index >= 15 is 0 Å². The standard InChI is InChI=1S/C20H24N2O5/c1-14-17(15(2)27-21-14)13-26-18-6-4-16(12-19(18)24-3)5-7-20(23)22-8-10-25-11-9-22/h4-7,12H,8-11,13H2,1-3H3. The lowest BCUT2D eigenvalue weighted by molar-refractivity contribution is -0.129. The first-order valence-electron chi connectivity index (χ1n) is 8.86. The number of carbonyl (C=O) groups is 1. The van der Waals surface area contributed by atoms with Crippen LogP contribution in [0.3, 0.4) is 0 Å². The Kier molecular flexibility index (Phi) is 6.13. The van der Waals surface area contributed by atoms with E-state index in [1.165, 1.54) is 0 Å². The molecule has 1 aromatic carbocycles. The molecule has 3 rings (SSSR count). The number of ether oxygens (including phenoxy) is 3. The van der Waals surface area contributed by atoms with Crippen molar-refractivity contribution in [1.29, 1.82) is 0 Å². The van der Waals surface area contributed by atoms with E-state index < -0.39 is 0 Å². The minimum absolute atomic E-state index is 0.0176. The molecule has 0 saturated carbocycles. The van der Waals surface area contributed by atoms with Gasteiger partial charge in [-0.15, -0.1) is 0 Å². The number of morpholine rings is 1. The second kappa shape index (κ2) is 8.73. The van der Waals surface area contributed by atoms with Crippen LogP contribution in [0.15, 0.2) is 28.8 Å². The van der Waals surface area contributed by atoms with Crippen molar-refractivity contribution in [1.82, 2.24) is 10.1 Å². The molecule has 0 bridgehead atoms. The molecule has 0 radical (unpaired) electrons. The van der Waals surface area contributed by atoms with Crippen molar-refractivity contribution < 1.29 is 23.5 Å². The quantitative estimate of drug-likeness (QED) is 0.726. The van der Waals surface area contributed by atoms with Crippen LogP contribution in [0.4, 0.5) is 0 Å². The molecule has 2 aromatic rings. The molecule has 0 aliphatic carbocycles. The molecule has 0 N–H and O–H groups in total. The van der Waals surface area contributed by atoms with Crippen molar-refractivity contribution in [2.24, 2.45) is 0 Å². The Hall–Kier alpha value is -2.80. The predicted octanol–water partition coefficient (Wildman–Crippen LogP) is 2.75. The average Bonchev–Trinajstić information content (AvgIpc) is 3.03. The summed E-state index contributed by atoms with van der Waals surface area (Å²) in [6.45, 7) is 6.51. The topological polar surface area (TPSA) is 74.0 Å². The van der Waals surface area contributed by atoms with Crippen LogP contribution in [0.2, 0.25) is 0 Å². The van der Waals surface area contributed by atoms with Crippen LogP contribution in [-0.2, 0) is 16.1 Å². The summed E-state index contributed by atoms with van der Waals surface area (Å²) in [6.07, 6.45) is 3.35. The Morgan fingerprint density at radius 1 is 1.26 bits per heavy atom. The summed E-state index contributed by atoms with van der Waals surface area (Å²) < 4.78 is 21.7. The molecule has 1 amide bonds. The molecule has 7 nitrogen and oxygen atoms in total. The van der Waals surface area contributed by atoms with Crippen LogP contribution < -0.4 is 9.47 Å². The molecule has 1 fully saturated rings. The summed E-state index contributed by atoms with van der Waals surface area (Å²) in [4.78, 5) is 14.0. The number of aromatic nitrogens is 1. The molecule has 27 heavy (non-hydrogen) atoms. The predicted molar refractivity (Wildman–Crippen MR) is 99.7 cm³/mol. The lowest BCUT2D eigenvalue weighted by Gasteiger charge is -2.25. The van der Waals surface area contributed by atoms with Gasteiger partial charge in [0.2, 0.25) is 5.91 Å². The maximum atomic E-state index is 12.2. The Labute approximate surface area is 158 Å². The normalized spacial score (nSPS) is 14.6. The van der Waals surface area contributed by atoms with Gasteiger partial charge >= 0.3 is 0 Å². The minimum atomic E-state index is -0.0176. The molecule has 0 unspecified atom stereocenters. The van der Waals surface area contributed by atoms with Crippen LogP contribution in [0, 0.1) is 13.8 Å². The summed E-state index contributed by atoms with van der Waals surface area (Å²) in [5.41, 5.74) is 2.60. The van der Waals surface area contributed by atoms with Crippen molar-refractivity contribution >= 4 is 12.0 Å². The number of hydrogen-bond donors (Lipinski definition) is 0. The Morgan fingerprint density at radius 3 is 2.70 bits per heavy atom. The molecule has 1 saturated heterocycles. The van der Waals surface area contributed by atoms with Gasteiger partial charge in [0.25, 0.3) is 0 Å². The second-order valence-corrected chi connectivity index (χ2v) is 6.27. The Balaban J connectivity index is 1.66. The van der Waals surface area contributed by atoms with E-state index in [1.54, 1.807) is 24.2 Å². The first-order valence-corrected chi connectivity index (χ1v) is 8.86. The van der Waals surface area contributed by atoms with Crippen LogP contribution in [0.1, 0.15) is 22.6 Å². The number of rotatable bonds is 6. The van der Waals surface area contributed by atoms with E-state index in [2.05, 4.69) is 5.16 Å². The SMILES string of the molecule is COc1cc(C=CC(=O)N2CCOCC2)ccc1OCc1c(C)noc1C. The van der Waals surface area contributed by atoms with Crippen molar-refractivity contribution in [2.45, 2.75) is 20.5 Å². The van der Waals surface area contributed by atoms with Gasteiger partial charge < -0.3 is 23.6 Å². The third kappa shape index (κ3) is 4.68. The number of benzene rings is 1. The fraction of sp³-hybridized carbons (Fsp3) is 0.400. The van der Waals surface area contributed by atoms with Crippen LogP contribution in [-0.4, -0.2) is 49.4 Å². The fourth-order valence-electron chi connectivity index (χ4n) is 2.82. The summed E-state index contributed by atoms with van der Waals surface area (Å²) >= 11 is 0. The maximum Gasteiger partial charge on any atom is 0.246 e. The van der Waals surface area contributed by atoms with Gasteiger partial charge in [0.05, 0.1) is 31.6 Å². The van der Waals surface area contributed by atoms with Crippen molar-refractivity contribution in [3.63, 3.8) is 0 Å². The fourth-order valence-corrected chi connectivity index (χ4v) is 2.82. The molecule has 1 aliphatic rings. The maximum absolute atomic E-state index is 12.2. The number of methoxy groups -OCH3 is 1. The zero-order valence-corrected chi connectivity index (χ0v) is 15.9. The van der Waals surface area contributed by atoms with Gasteiger partial charge in [-0.2, -0.15) is 0 Å². The first kappa shape index (κ1) is 19.0. The Bertz CT molecular complexity index is 802. The monoisotopic (exact) mass is 372 g/mol. The van der Waals surface area contributed by atoms with Gasteiger partial charge in [0.1, 0.15) is 12.4 Å². The highest BCUT2D eigenvalue weighted by atomic mass is 16.5. The van der Waals surface area contributed by atoms with E-state index in [0.717, 1.165) is 22.6 Å². The van der Waals surface area contributed by atoms with Gasteiger partial charge in [0, 0.05) is 19.2 Å². The first-order chi connectivity index (χ1) is 13.1. The van der Waals surface area contributed by atoms with E-state index in [-0.39, 0.29) is 5.91 Å². The van der Waals surface area contributed by atoms with Gasteiger partial charge in [0.15, 0.2) is 11.5 Å².